The van der Waals surface area contributed by atoms with Gasteiger partial charge in [-0.2, -0.15) is 5.10 Å². The van der Waals surface area contributed by atoms with Crippen molar-refractivity contribution in [2.24, 2.45) is 12.8 Å². The molecule has 0 saturated carbocycles. The molecule has 0 unspecified atom stereocenters. The predicted octanol–water partition coefficient (Wildman–Crippen LogP) is 0.851. The van der Waals surface area contributed by atoms with Gasteiger partial charge in [0.1, 0.15) is 0 Å². The Labute approximate surface area is 112 Å². The van der Waals surface area contributed by atoms with Crippen molar-refractivity contribution in [3.8, 4) is 0 Å². The van der Waals surface area contributed by atoms with Gasteiger partial charge in [-0.15, -0.1) is 0 Å². The standard InChI is InChI=1S/C14H18N4O/c1-18-13(6-8-17-18)10-16-14(19)12-4-2-3-11(9-12)5-7-15/h2-4,6,8-9H,5,7,10,15H2,1H3,(H,16,19). The minimum absolute atomic E-state index is 0.0833. The Morgan fingerprint density at radius 3 is 2.95 bits per heavy atom. The van der Waals surface area contributed by atoms with Gasteiger partial charge >= 0.3 is 0 Å². The average molecular weight is 258 g/mol. The Balaban J connectivity index is 2.00. The van der Waals surface area contributed by atoms with Crippen LogP contribution in [0.1, 0.15) is 21.6 Å². The fourth-order valence-corrected chi connectivity index (χ4v) is 1.88. The van der Waals surface area contributed by atoms with Crippen molar-refractivity contribution in [1.29, 1.82) is 0 Å². The van der Waals surface area contributed by atoms with E-state index in [0.29, 0.717) is 18.7 Å². The van der Waals surface area contributed by atoms with Crippen molar-refractivity contribution in [3.05, 3.63) is 53.3 Å². The van der Waals surface area contributed by atoms with Gasteiger partial charge in [-0.3, -0.25) is 9.48 Å². The van der Waals surface area contributed by atoms with E-state index in [-0.39, 0.29) is 5.91 Å². The number of amides is 1. The van der Waals surface area contributed by atoms with Gasteiger partial charge in [-0.1, -0.05) is 12.1 Å². The molecule has 5 nitrogen and oxygen atoms in total. The summed E-state index contributed by atoms with van der Waals surface area (Å²) in [5.74, 6) is -0.0833. The van der Waals surface area contributed by atoms with Gasteiger partial charge in [0.25, 0.3) is 5.91 Å². The molecule has 19 heavy (non-hydrogen) atoms. The number of hydrogen-bond donors (Lipinski definition) is 2. The highest BCUT2D eigenvalue weighted by molar-refractivity contribution is 5.94. The van der Waals surface area contributed by atoms with E-state index in [1.165, 1.54) is 0 Å². The first kappa shape index (κ1) is 13.3. The summed E-state index contributed by atoms with van der Waals surface area (Å²) in [6, 6.07) is 9.42. The Bertz CT molecular complexity index is 562. The topological polar surface area (TPSA) is 72.9 Å². The molecule has 3 N–H and O–H groups in total. The second kappa shape index (κ2) is 6.15. The van der Waals surface area contributed by atoms with E-state index in [1.54, 1.807) is 16.9 Å². The molecular formula is C14H18N4O. The van der Waals surface area contributed by atoms with Crippen molar-refractivity contribution in [2.45, 2.75) is 13.0 Å². The van der Waals surface area contributed by atoms with Gasteiger partial charge in [0.15, 0.2) is 0 Å². The molecule has 0 aliphatic rings. The van der Waals surface area contributed by atoms with Crippen LogP contribution in [-0.2, 0) is 20.0 Å². The molecule has 0 spiro atoms. The predicted molar refractivity (Wildman–Crippen MR) is 73.6 cm³/mol. The molecule has 0 fully saturated rings. The number of aromatic nitrogens is 2. The van der Waals surface area contributed by atoms with Crippen molar-refractivity contribution in [2.75, 3.05) is 6.54 Å². The molecule has 2 rings (SSSR count). The molecule has 1 heterocycles. The molecule has 0 atom stereocenters. The van der Waals surface area contributed by atoms with Gasteiger partial charge in [-0.25, -0.2) is 0 Å². The van der Waals surface area contributed by atoms with Gasteiger partial charge in [0.05, 0.1) is 12.2 Å². The minimum atomic E-state index is -0.0833. The summed E-state index contributed by atoms with van der Waals surface area (Å²) in [5.41, 5.74) is 8.22. The molecular weight excluding hydrogens is 240 g/mol. The van der Waals surface area contributed by atoms with Crippen LogP contribution < -0.4 is 11.1 Å². The number of carbonyl (C=O) groups is 1. The van der Waals surface area contributed by atoms with E-state index in [1.807, 2.05) is 31.3 Å². The van der Waals surface area contributed by atoms with Gasteiger partial charge in [-0.05, 0) is 36.7 Å². The van der Waals surface area contributed by atoms with Crippen LogP contribution in [-0.4, -0.2) is 22.2 Å². The zero-order valence-corrected chi connectivity index (χ0v) is 11.0. The third-order valence-corrected chi connectivity index (χ3v) is 2.97. The first-order valence-electron chi connectivity index (χ1n) is 6.25. The highest BCUT2D eigenvalue weighted by Crippen LogP contribution is 2.06. The van der Waals surface area contributed by atoms with E-state index in [0.717, 1.165) is 17.7 Å². The number of aryl methyl sites for hydroxylation is 1. The highest BCUT2D eigenvalue weighted by atomic mass is 16.1. The number of nitrogens with two attached hydrogens (primary N) is 1. The van der Waals surface area contributed by atoms with Crippen molar-refractivity contribution < 1.29 is 4.79 Å². The fraction of sp³-hybridized carbons (Fsp3) is 0.286. The van der Waals surface area contributed by atoms with E-state index < -0.39 is 0 Å². The molecule has 1 amide bonds. The first-order chi connectivity index (χ1) is 9.20. The number of nitrogens with zero attached hydrogens (tertiary/aromatic N) is 2. The highest BCUT2D eigenvalue weighted by Gasteiger charge is 2.07. The molecule has 0 saturated heterocycles. The summed E-state index contributed by atoms with van der Waals surface area (Å²) in [5, 5.41) is 6.94. The number of benzene rings is 1. The van der Waals surface area contributed by atoms with Crippen LogP contribution in [0.5, 0.6) is 0 Å². The molecule has 0 aliphatic carbocycles. The maximum atomic E-state index is 12.0. The average Bonchev–Trinajstić information content (AvgIpc) is 2.82. The molecule has 1 aromatic carbocycles. The van der Waals surface area contributed by atoms with Crippen molar-refractivity contribution >= 4 is 5.91 Å². The molecule has 0 aliphatic heterocycles. The molecule has 0 radical (unpaired) electrons. The Morgan fingerprint density at radius 1 is 1.42 bits per heavy atom. The van der Waals surface area contributed by atoms with Gasteiger partial charge in [0.2, 0.25) is 0 Å². The molecule has 1 aromatic heterocycles. The van der Waals surface area contributed by atoms with E-state index in [9.17, 15) is 4.79 Å². The second-order valence-electron chi connectivity index (χ2n) is 4.37. The van der Waals surface area contributed by atoms with Crippen LogP contribution in [0, 0.1) is 0 Å². The number of carbonyl (C=O) groups excluding carboxylic acids is 1. The lowest BCUT2D eigenvalue weighted by Gasteiger charge is -2.07. The monoisotopic (exact) mass is 258 g/mol. The molecule has 2 aromatic rings. The van der Waals surface area contributed by atoms with Gasteiger partial charge in [0, 0.05) is 18.8 Å². The number of nitrogens with one attached hydrogen (secondary N) is 1. The Hall–Kier alpha value is -2.14. The van der Waals surface area contributed by atoms with E-state index >= 15 is 0 Å². The normalized spacial score (nSPS) is 10.4. The van der Waals surface area contributed by atoms with Crippen molar-refractivity contribution in [3.63, 3.8) is 0 Å². The van der Waals surface area contributed by atoms with Crippen LogP contribution in [0.15, 0.2) is 36.5 Å². The van der Waals surface area contributed by atoms with E-state index in [2.05, 4.69) is 10.4 Å². The van der Waals surface area contributed by atoms with E-state index in [4.69, 9.17) is 5.73 Å². The van der Waals surface area contributed by atoms with Crippen LogP contribution in [0.4, 0.5) is 0 Å². The SMILES string of the molecule is Cn1nccc1CNC(=O)c1cccc(CCN)c1. The maximum Gasteiger partial charge on any atom is 0.251 e. The summed E-state index contributed by atoms with van der Waals surface area (Å²) in [6.07, 6.45) is 2.49. The Kier molecular flexibility index (Phi) is 4.30. The smallest absolute Gasteiger partial charge is 0.251 e. The molecule has 0 bridgehead atoms. The zero-order chi connectivity index (χ0) is 13.7. The van der Waals surface area contributed by atoms with Crippen LogP contribution in [0.3, 0.4) is 0 Å². The van der Waals surface area contributed by atoms with Crippen molar-refractivity contribution in [1.82, 2.24) is 15.1 Å². The third-order valence-electron chi connectivity index (χ3n) is 2.97. The lowest BCUT2D eigenvalue weighted by atomic mass is 10.1. The largest absolute Gasteiger partial charge is 0.346 e. The summed E-state index contributed by atoms with van der Waals surface area (Å²) < 4.78 is 1.74. The lowest BCUT2D eigenvalue weighted by Crippen LogP contribution is -2.24. The van der Waals surface area contributed by atoms with Crippen LogP contribution >= 0.6 is 0 Å². The molecule has 100 valence electrons. The summed E-state index contributed by atoms with van der Waals surface area (Å²) in [4.78, 5) is 12.0. The van der Waals surface area contributed by atoms with Crippen LogP contribution in [0.25, 0.3) is 0 Å². The number of hydrogen-bond acceptors (Lipinski definition) is 3. The third kappa shape index (κ3) is 3.42. The summed E-state index contributed by atoms with van der Waals surface area (Å²) in [6.45, 7) is 1.05. The second-order valence-corrected chi connectivity index (χ2v) is 4.37. The molecule has 5 heteroatoms. The first-order valence-corrected chi connectivity index (χ1v) is 6.25. The quantitative estimate of drug-likeness (QED) is 0.835. The van der Waals surface area contributed by atoms with Crippen LogP contribution in [0.2, 0.25) is 0 Å². The zero-order valence-electron chi connectivity index (χ0n) is 11.0. The maximum absolute atomic E-state index is 12.0. The summed E-state index contributed by atoms with van der Waals surface area (Å²) >= 11 is 0. The van der Waals surface area contributed by atoms with Gasteiger partial charge < -0.3 is 11.1 Å². The minimum Gasteiger partial charge on any atom is -0.346 e. The summed E-state index contributed by atoms with van der Waals surface area (Å²) in [7, 11) is 1.85. The number of rotatable bonds is 5. The Morgan fingerprint density at radius 2 is 2.26 bits per heavy atom. The lowest BCUT2D eigenvalue weighted by molar-refractivity contribution is 0.0950. The fourth-order valence-electron chi connectivity index (χ4n) is 1.88.